The molecule has 1 aliphatic heterocycles. The lowest BCUT2D eigenvalue weighted by molar-refractivity contribution is 0.0369. The summed E-state index contributed by atoms with van der Waals surface area (Å²) in [5, 5.41) is 0. The molecule has 5 heteroatoms. The summed E-state index contributed by atoms with van der Waals surface area (Å²) in [7, 11) is 0. The lowest BCUT2D eigenvalue weighted by atomic mass is 10.2. The molecule has 1 aliphatic rings. The maximum Gasteiger partial charge on any atom is 0.124 e. The highest BCUT2D eigenvalue weighted by Gasteiger charge is 2.13. The lowest BCUT2D eigenvalue weighted by Gasteiger charge is -2.26. The van der Waals surface area contributed by atoms with Crippen molar-refractivity contribution in [3.63, 3.8) is 0 Å². The minimum Gasteiger partial charge on any atom is -0.379 e. The summed E-state index contributed by atoms with van der Waals surface area (Å²) in [5.41, 5.74) is 3.50. The number of rotatable bonds is 5. The summed E-state index contributed by atoms with van der Waals surface area (Å²) in [6.07, 6.45) is 1.11. The Kier molecular flexibility index (Phi) is 4.78. The maximum absolute atomic E-state index is 6.07. The molecular weight excluding hydrogens is 286 g/mol. The van der Waals surface area contributed by atoms with E-state index in [1.54, 1.807) is 0 Å². The Morgan fingerprint density at radius 3 is 2.81 bits per heavy atom. The van der Waals surface area contributed by atoms with Crippen LogP contribution in [0.1, 0.15) is 17.8 Å². The second-order valence-electron chi connectivity index (χ2n) is 5.56. The number of morpholine rings is 1. The van der Waals surface area contributed by atoms with Gasteiger partial charge in [0.2, 0.25) is 0 Å². The van der Waals surface area contributed by atoms with Crippen LogP contribution in [0.4, 0.5) is 0 Å². The molecule has 1 aromatic carbocycles. The van der Waals surface area contributed by atoms with Crippen LogP contribution in [-0.4, -0.2) is 47.3 Å². The van der Waals surface area contributed by atoms with Gasteiger partial charge in [-0.1, -0.05) is 12.1 Å². The SMILES string of the molecule is Cc1cccc2c1nc(CCl)n2CCCN1CCOCC1. The molecule has 0 radical (unpaired) electrons. The van der Waals surface area contributed by atoms with E-state index in [-0.39, 0.29) is 0 Å². The molecule has 0 saturated carbocycles. The van der Waals surface area contributed by atoms with Gasteiger partial charge in [0.1, 0.15) is 5.82 Å². The average molecular weight is 308 g/mol. The first-order valence-electron chi connectivity index (χ1n) is 7.60. The number of benzene rings is 1. The van der Waals surface area contributed by atoms with Gasteiger partial charge in [0.05, 0.1) is 30.1 Å². The highest BCUT2D eigenvalue weighted by atomic mass is 35.5. The first-order chi connectivity index (χ1) is 10.3. The van der Waals surface area contributed by atoms with E-state index >= 15 is 0 Å². The number of alkyl halides is 1. The number of para-hydroxylation sites is 1. The molecule has 0 bridgehead atoms. The fourth-order valence-corrected chi connectivity index (χ4v) is 3.17. The topological polar surface area (TPSA) is 30.3 Å². The van der Waals surface area contributed by atoms with Gasteiger partial charge in [-0.15, -0.1) is 11.6 Å². The second kappa shape index (κ2) is 6.77. The van der Waals surface area contributed by atoms with Crippen molar-refractivity contribution in [2.45, 2.75) is 25.8 Å². The molecule has 21 heavy (non-hydrogen) atoms. The molecule has 0 unspecified atom stereocenters. The third-order valence-corrected chi connectivity index (χ3v) is 4.38. The standard InChI is InChI=1S/C16H22ClN3O/c1-13-4-2-5-14-16(13)18-15(12-17)20(14)7-3-6-19-8-10-21-11-9-19/h2,4-5H,3,6-12H2,1H3. The van der Waals surface area contributed by atoms with E-state index < -0.39 is 0 Å². The number of aromatic nitrogens is 2. The summed E-state index contributed by atoms with van der Waals surface area (Å²) in [6.45, 7) is 8.00. The minimum atomic E-state index is 0.464. The highest BCUT2D eigenvalue weighted by Crippen LogP contribution is 2.21. The molecule has 2 heterocycles. The van der Waals surface area contributed by atoms with Crippen LogP contribution in [0.2, 0.25) is 0 Å². The molecule has 0 amide bonds. The van der Waals surface area contributed by atoms with Crippen molar-refractivity contribution in [2.24, 2.45) is 0 Å². The Morgan fingerprint density at radius 1 is 1.24 bits per heavy atom. The van der Waals surface area contributed by atoms with Crippen LogP contribution in [0.15, 0.2) is 18.2 Å². The molecule has 3 rings (SSSR count). The van der Waals surface area contributed by atoms with Crippen molar-refractivity contribution >= 4 is 22.6 Å². The summed E-state index contributed by atoms with van der Waals surface area (Å²) < 4.78 is 7.66. The fraction of sp³-hybridized carbons (Fsp3) is 0.562. The molecule has 4 nitrogen and oxygen atoms in total. The minimum absolute atomic E-state index is 0.464. The van der Waals surface area contributed by atoms with Crippen LogP contribution in [0.5, 0.6) is 0 Å². The van der Waals surface area contributed by atoms with Gasteiger partial charge >= 0.3 is 0 Å². The van der Waals surface area contributed by atoms with Gasteiger partial charge in [0, 0.05) is 26.2 Å². The summed E-state index contributed by atoms with van der Waals surface area (Å²) in [6, 6.07) is 6.33. The smallest absolute Gasteiger partial charge is 0.124 e. The molecule has 1 fully saturated rings. The van der Waals surface area contributed by atoms with E-state index in [1.807, 2.05) is 0 Å². The van der Waals surface area contributed by atoms with E-state index in [0.717, 1.165) is 57.2 Å². The van der Waals surface area contributed by atoms with E-state index in [2.05, 4.69) is 34.6 Å². The summed E-state index contributed by atoms with van der Waals surface area (Å²) >= 11 is 6.07. The van der Waals surface area contributed by atoms with Crippen LogP contribution >= 0.6 is 11.6 Å². The fourth-order valence-electron chi connectivity index (χ4n) is 2.96. The van der Waals surface area contributed by atoms with Crippen molar-refractivity contribution in [3.8, 4) is 0 Å². The van der Waals surface area contributed by atoms with Crippen molar-refractivity contribution in [2.75, 3.05) is 32.8 Å². The Morgan fingerprint density at radius 2 is 2.05 bits per heavy atom. The Hall–Kier alpha value is -1.10. The summed E-state index contributed by atoms with van der Waals surface area (Å²) in [5.74, 6) is 1.44. The molecule has 114 valence electrons. The normalized spacial score (nSPS) is 16.7. The van der Waals surface area contributed by atoms with Crippen LogP contribution < -0.4 is 0 Å². The van der Waals surface area contributed by atoms with E-state index in [1.165, 1.54) is 11.1 Å². The Balaban J connectivity index is 1.72. The third-order valence-electron chi connectivity index (χ3n) is 4.14. The third kappa shape index (κ3) is 3.23. The second-order valence-corrected chi connectivity index (χ2v) is 5.83. The molecule has 2 aromatic rings. The number of hydrogen-bond donors (Lipinski definition) is 0. The Bertz CT molecular complexity index is 605. The van der Waals surface area contributed by atoms with Crippen molar-refractivity contribution < 1.29 is 4.74 Å². The number of nitrogens with zero attached hydrogens (tertiary/aromatic N) is 3. The van der Waals surface area contributed by atoms with Crippen LogP contribution in [0.25, 0.3) is 11.0 Å². The van der Waals surface area contributed by atoms with E-state index in [9.17, 15) is 0 Å². The van der Waals surface area contributed by atoms with Gasteiger partial charge in [-0.2, -0.15) is 0 Å². The molecule has 1 aromatic heterocycles. The first-order valence-corrected chi connectivity index (χ1v) is 8.14. The van der Waals surface area contributed by atoms with E-state index in [4.69, 9.17) is 21.3 Å². The van der Waals surface area contributed by atoms with E-state index in [0.29, 0.717) is 5.88 Å². The molecule has 0 N–H and O–H groups in total. The molecular formula is C16H22ClN3O. The van der Waals surface area contributed by atoms with Crippen LogP contribution in [0.3, 0.4) is 0 Å². The quantitative estimate of drug-likeness (QED) is 0.796. The molecule has 1 saturated heterocycles. The van der Waals surface area contributed by atoms with Gasteiger partial charge in [0.15, 0.2) is 0 Å². The van der Waals surface area contributed by atoms with Gasteiger partial charge < -0.3 is 9.30 Å². The number of ether oxygens (including phenoxy) is 1. The zero-order valence-corrected chi connectivity index (χ0v) is 13.3. The van der Waals surface area contributed by atoms with Crippen molar-refractivity contribution in [1.29, 1.82) is 0 Å². The number of hydrogen-bond acceptors (Lipinski definition) is 3. The van der Waals surface area contributed by atoms with Crippen molar-refractivity contribution in [1.82, 2.24) is 14.5 Å². The molecule has 0 spiro atoms. The lowest BCUT2D eigenvalue weighted by Crippen LogP contribution is -2.37. The van der Waals surface area contributed by atoms with Crippen LogP contribution in [0, 0.1) is 6.92 Å². The van der Waals surface area contributed by atoms with Gasteiger partial charge in [-0.25, -0.2) is 4.98 Å². The maximum atomic E-state index is 6.07. The molecule has 0 aliphatic carbocycles. The number of aryl methyl sites for hydroxylation is 2. The van der Waals surface area contributed by atoms with Gasteiger partial charge in [0.25, 0.3) is 0 Å². The van der Waals surface area contributed by atoms with Gasteiger partial charge in [-0.05, 0) is 25.0 Å². The van der Waals surface area contributed by atoms with Crippen LogP contribution in [-0.2, 0) is 17.2 Å². The van der Waals surface area contributed by atoms with Gasteiger partial charge in [-0.3, -0.25) is 4.90 Å². The predicted octanol–water partition coefficient (Wildman–Crippen LogP) is 2.81. The highest BCUT2D eigenvalue weighted by molar-refractivity contribution is 6.16. The Labute approximate surface area is 130 Å². The zero-order valence-electron chi connectivity index (χ0n) is 12.5. The largest absolute Gasteiger partial charge is 0.379 e. The summed E-state index contributed by atoms with van der Waals surface area (Å²) in [4.78, 5) is 7.16. The predicted molar refractivity (Wildman–Crippen MR) is 85.9 cm³/mol. The number of imidazole rings is 1. The number of fused-ring (bicyclic) bond motifs is 1. The molecule has 0 atom stereocenters. The number of halogens is 1. The zero-order chi connectivity index (χ0) is 14.7. The van der Waals surface area contributed by atoms with Crippen molar-refractivity contribution in [3.05, 3.63) is 29.6 Å². The average Bonchev–Trinajstić information content (AvgIpc) is 2.88. The monoisotopic (exact) mass is 307 g/mol. The first kappa shape index (κ1) is 14.8.